The lowest BCUT2D eigenvalue weighted by molar-refractivity contribution is -0.172. The SMILES string of the molecule is CCCC1CCC(C2=CC=C(CC)C(F)(F)C2(F)F)CO1. The monoisotopic (exact) mass is 306 g/mol. The molecule has 5 heteroatoms. The Kier molecular flexibility index (Phi) is 4.81. The van der Waals surface area contributed by atoms with Crippen LogP contribution in [0.1, 0.15) is 46.0 Å². The number of halogens is 4. The van der Waals surface area contributed by atoms with Crippen LogP contribution in [0.25, 0.3) is 0 Å². The van der Waals surface area contributed by atoms with Gasteiger partial charge in [-0.2, -0.15) is 17.6 Å². The summed E-state index contributed by atoms with van der Waals surface area (Å²) >= 11 is 0. The average Bonchev–Trinajstić information content (AvgIpc) is 2.43. The molecule has 0 aromatic rings. The lowest BCUT2D eigenvalue weighted by atomic mass is 9.80. The van der Waals surface area contributed by atoms with Crippen LogP contribution in [0.5, 0.6) is 0 Å². The fourth-order valence-corrected chi connectivity index (χ4v) is 3.12. The summed E-state index contributed by atoms with van der Waals surface area (Å²) in [4.78, 5) is 0. The summed E-state index contributed by atoms with van der Waals surface area (Å²) in [6.45, 7) is 3.61. The van der Waals surface area contributed by atoms with Crippen molar-refractivity contribution in [1.82, 2.24) is 0 Å². The largest absolute Gasteiger partial charge is 0.378 e. The van der Waals surface area contributed by atoms with Gasteiger partial charge < -0.3 is 4.74 Å². The molecule has 0 bridgehead atoms. The van der Waals surface area contributed by atoms with E-state index >= 15 is 0 Å². The molecule has 1 saturated heterocycles. The minimum atomic E-state index is -4.11. The third kappa shape index (κ3) is 2.89. The summed E-state index contributed by atoms with van der Waals surface area (Å²) in [6.07, 6.45) is 5.33. The van der Waals surface area contributed by atoms with Crippen molar-refractivity contribution < 1.29 is 22.3 Å². The van der Waals surface area contributed by atoms with Gasteiger partial charge in [0.05, 0.1) is 12.7 Å². The number of hydrogen-bond acceptors (Lipinski definition) is 1. The highest BCUT2D eigenvalue weighted by Gasteiger charge is 2.62. The molecule has 0 radical (unpaired) electrons. The number of ether oxygens (including phenoxy) is 1. The summed E-state index contributed by atoms with van der Waals surface area (Å²) in [7, 11) is 0. The van der Waals surface area contributed by atoms with Crippen molar-refractivity contribution in [2.45, 2.75) is 63.9 Å². The van der Waals surface area contributed by atoms with Gasteiger partial charge in [0.25, 0.3) is 0 Å². The van der Waals surface area contributed by atoms with Gasteiger partial charge >= 0.3 is 11.8 Å². The molecule has 0 amide bonds. The molecule has 0 saturated carbocycles. The van der Waals surface area contributed by atoms with E-state index in [-0.39, 0.29) is 19.1 Å². The van der Waals surface area contributed by atoms with E-state index in [0.717, 1.165) is 18.9 Å². The van der Waals surface area contributed by atoms with Gasteiger partial charge in [0.1, 0.15) is 0 Å². The van der Waals surface area contributed by atoms with Crippen molar-refractivity contribution in [1.29, 1.82) is 0 Å². The van der Waals surface area contributed by atoms with Gasteiger partial charge in [0.15, 0.2) is 0 Å². The molecule has 2 unspecified atom stereocenters. The van der Waals surface area contributed by atoms with Crippen LogP contribution in [-0.4, -0.2) is 24.6 Å². The normalized spacial score (nSPS) is 31.5. The summed E-state index contributed by atoms with van der Waals surface area (Å²) in [5.74, 6) is -8.82. The van der Waals surface area contributed by atoms with E-state index in [1.807, 2.05) is 6.92 Å². The molecule has 120 valence electrons. The highest BCUT2D eigenvalue weighted by Crippen LogP contribution is 2.51. The standard InChI is InChI=1S/C16H22F4O/c1-3-5-13-8-6-11(10-21-13)14-9-7-12(4-2)15(17,18)16(14,19)20/h7,9,11,13H,3-6,8,10H2,1-2H3. The van der Waals surface area contributed by atoms with Crippen molar-refractivity contribution in [2.24, 2.45) is 5.92 Å². The maximum Gasteiger partial charge on any atom is 0.336 e. The molecule has 2 rings (SSSR count). The fourth-order valence-electron chi connectivity index (χ4n) is 3.12. The average molecular weight is 306 g/mol. The van der Waals surface area contributed by atoms with Crippen LogP contribution in [0.15, 0.2) is 23.3 Å². The predicted octanol–water partition coefficient (Wildman–Crippen LogP) is 5.13. The maximum atomic E-state index is 14.2. The van der Waals surface area contributed by atoms with E-state index in [2.05, 4.69) is 0 Å². The minimum absolute atomic E-state index is 0.0753. The third-order valence-corrected chi connectivity index (χ3v) is 4.43. The van der Waals surface area contributed by atoms with E-state index < -0.39 is 28.9 Å². The van der Waals surface area contributed by atoms with Gasteiger partial charge in [0.2, 0.25) is 0 Å². The summed E-state index contributed by atoms with van der Waals surface area (Å²) in [5.41, 5.74) is -0.975. The first-order valence-electron chi connectivity index (χ1n) is 7.63. The van der Waals surface area contributed by atoms with E-state index in [1.54, 1.807) is 0 Å². The quantitative estimate of drug-likeness (QED) is 0.654. The van der Waals surface area contributed by atoms with Crippen LogP contribution in [-0.2, 0) is 4.74 Å². The van der Waals surface area contributed by atoms with Crippen molar-refractivity contribution in [3.8, 4) is 0 Å². The minimum Gasteiger partial charge on any atom is -0.378 e. The van der Waals surface area contributed by atoms with Gasteiger partial charge in [0, 0.05) is 17.1 Å². The molecule has 2 aliphatic rings. The first-order chi connectivity index (χ1) is 9.84. The van der Waals surface area contributed by atoms with Crippen LogP contribution >= 0.6 is 0 Å². The number of rotatable bonds is 4. The highest BCUT2D eigenvalue weighted by molar-refractivity contribution is 5.39. The van der Waals surface area contributed by atoms with E-state index in [9.17, 15) is 17.6 Å². The molecule has 0 aromatic heterocycles. The van der Waals surface area contributed by atoms with Crippen LogP contribution in [0.4, 0.5) is 17.6 Å². The Morgan fingerprint density at radius 1 is 1.10 bits per heavy atom. The predicted molar refractivity (Wildman–Crippen MR) is 73.7 cm³/mol. The second kappa shape index (κ2) is 6.11. The fraction of sp³-hybridized carbons (Fsp3) is 0.750. The van der Waals surface area contributed by atoms with Crippen LogP contribution in [0.2, 0.25) is 0 Å². The van der Waals surface area contributed by atoms with Crippen LogP contribution < -0.4 is 0 Å². The van der Waals surface area contributed by atoms with E-state index in [0.29, 0.717) is 12.8 Å². The summed E-state index contributed by atoms with van der Waals surface area (Å²) in [6, 6.07) is 0. The molecule has 0 aromatic carbocycles. The molecule has 1 aliphatic heterocycles. The lowest BCUT2D eigenvalue weighted by Crippen LogP contribution is -2.48. The smallest absolute Gasteiger partial charge is 0.336 e. The Bertz CT molecular complexity index is 432. The Hall–Kier alpha value is -0.840. The third-order valence-electron chi connectivity index (χ3n) is 4.43. The number of hydrogen-bond donors (Lipinski definition) is 0. The topological polar surface area (TPSA) is 9.23 Å². The molecular formula is C16H22F4O. The molecule has 1 heterocycles. The Morgan fingerprint density at radius 3 is 2.33 bits per heavy atom. The number of alkyl halides is 4. The first-order valence-corrected chi connectivity index (χ1v) is 7.63. The molecule has 0 spiro atoms. The Balaban J connectivity index is 2.17. The zero-order chi connectivity index (χ0) is 15.7. The summed E-state index contributed by atoms with van der Waals surface area (Å²) in [5, 5.41) is 0. The zero-order valence-electron chi connectivity index (χ0n) is 12.5. The zero-order valence-corrected chi connectivity index (χ0v) is 12.5. The van der Waals surface area contributed by atoms with Crippen molar-refractivity contribution in [2.75, 3.05) is 6.61 Å². The molecule has 1 nitrogen and oxygen atoms in total. The lowest BCUT2D eigenvalue weighted by Gasteiger charge is -2.38. The molecule has 21 heavy (non-hydrogen) atoms. The van der Waals surface area contributed by atoms with Gasteiger partial charge in [-0.1, -0.05) is 32.4 Å². The molecule has 0 N–H and O–H groups in total. The molecule has 2 atom stereocenters. The Morgan fingerprint density at radius 2 is 1.81 bits per heavy atom. The van der Waals surface area contributed by atoms with Crippen molar-refractivity contribution >= 4 is 0 Å². The van der Waals surface area contributed by atoms with Crippen LogP contribution in [0, 0.1) is 5.92 Å². The van der Waals surface area contributed by atoms with E-state index in [1.165, 1.54) is 13.0 Å². The Labute approximate surface area is 123 Å². The van der Waals surface area contributed by atoms with Crippen LogP contribution in [0.3, 0.4) is 0 Å². The second-order valence-corrected chi connectivity index (χ2v) is 5.83. The second-order valence-electron chi connectivity index (χ2n) is 5.83. The summed E-state index contributed by atoms with van der Waals surface area (Å²) < 4.78 is 61.9. The van der Waals surface area contributed by atoms with Crippen molar-refractivity contribution in [3.63, 3.8) is 0 Å². The van der Waals surface area contributed by atoms with Gasteiger partial charge in [-0.15, -0.1) is 0 Å². The van der Waals surface area contributed by atoms with Gasteiger partial charge in [-0.25, -0.2) is 0 Å². The molecular weight excluding hydrogens is 284 g/mol. The number of allylic oxidation sites excluding steroid dienone is 3. The molecule has 1 fully saturated rings. The van der Waals surface area contributed by atoms with E-state index in [4.69, 9.17) is 4.74 Å². The highest BCUT2D eigenvalue weighted by atomic mass is 19.3. The van der Waals surface area contributed by atoms with Crippen molar-refractivity contribution in [3.05, 3.63) is 23.3 Å². The van der Waals surface area contributed by atoms with Gasteiger partial charge in [-0.3, -0.25) is 0 Å². The first kappa shape index (κ1) is 16.5. The maximum absolute atomic E-state index is 14.2. The molecule has 1 aliphatic carbocycles. The van der Waals surface area contributed by atoms with Gasteiger partial charge in [-0.05, 0) is 25.7 Å².